The molecule has 0 fully saturated rings. The summed E-state index contributed by atoms with van der Waals surface area (Å²) < 4.78 is 13.7. The Bertz CT molecular complexity index is 4270. The third kappa shape index (κ3) is 5.01. The fourth-order valence-electron chi connectivity index (χ4n) is 10.6. The zero-order valence-electron chi connectivity index (χ0n) is 35.2. The molecule has 5 aromatic heterocycles. The Balaban J connectivity index is 1.21. The number of fused-ring (bicyclic) bond motifs is 15. The minimum atomic E-state index is 0.509. The lowest BCUT2D eigenvalue weighted by Gasteiger charge is -2.15. The first-order valence-electron chi connectivity index (χ1n) is 22.1. The summed E-state index contributed by atoms with van der Waals surface area (Å²) in [5.41, 5.74) is 13.5. The van der Waals surface area contributed by atoms with E-state index in [2.05, 4.69) is 165 Å². The second kappa shape index (κ2) is 13.9. The van der Waals surface area contributed by atoms with Crippen molar-refractivity contribution in [3.63, 3.8) is 0 Å². The van der Waals surface area contributed by atoms with Crippen LogP contribution in [0.5, 0.6) is 0 Å². The smallest absolute Gasteiger partial charge is 0.231 e. The van der Waals surface area contributed by atoms with E-state index in [1.165, 1.54) is 0 Å². The van der Waals surface area contributed by atoms with Crippen LogP contribution in [0.3, 0.4) is 0 Å². The molecule has 0 saturated heterocycles. The van der Waals surface area contributed by atoms with E-state index < -0.39 is 0 Å². The molecule has 14 rings (SSSR count). The molecular weight excluding hydrogens is 809 g/mol. The summed E-state index contributed by atoms with van der Waals surface area (Å²) in [5.74, 6) is 0.562. The maximum absolute atomic E-state index is 11.2. The Kier molecular flexibility index (Phi) is 7.62. The van der Waals surface area contributed by atoms with Crippen LogP contribution in [0.25, 0.3) is 127 Å². The molecule has 0 unspecified atom stereocenters. The van der Waals surface area contributed by atoms with Crippen LogP contribution in [-0.4, -0.2) is 23.7 Å². The highest BCUT2D eigenvalue weighted by molar-refractivity contribution is 6.40. The van der Waals surface area contributed by atoms with E-state index >= 15 is 0 Å². The third-order valence-electron chi connectivity index (χ3n) is 13.3. The van der Waals surface area contributed by atoms with E-state index in [4.69, 9.17) is 14.4 Å². The fraction of sp³-hybridized carbons (Fsp3) is 0. The lowest BCUT2D eigenvalue weighted by molar-refractivity contribution is 0.653. The van der Waals surface area contributed by atoms with Gasteiger partial charge in [0.2, 0.25) is 5.71 Å². The SMILES string of the molecule is N#Cc1ccc(-c2nc(-c3ccccc3)nc3oc4ccccc4c23)cc1-n1c2ccccc2c2c3c(c4ccccc4n3-c3ccccc3)c3c(c4ccccc4n3-c3ccccc3)c21. The van der Waals surface area contributed by atoms with Crippen molar-refractivity contribution < 1.29 is 4.42 Å². The number of benzene rings is 9. The average Bonchev–Trinajstić information content (AvgIpc) is 4.13. The van der Waals surface area contributed by atoms with Gasteiger partial charge in [0, 0.05) is 60.2 Å². The van der Waals surface area contributed by atoms with Crippen molar-refractivity contribution in [3.8, 4) is 45.8 Å². The first kappa shape index (κ1) is 36.3. The summed E-state index contributed by atoms with van der Waals surface area (Å²) in [6, 6.07) is 74.2. The van der Waals surface area contributed by atoms with Gasteiger partial charge in [0.15, 0.2) is 5.82 Å². The van der Waals surface area contributed by atoms with Crippen molar-refractivity contribution in [3.05, 3.63) is 212 Å². The molecule has 0 spiro atoms. The monoisotopic (exact) mass is 842 g/mol. The van der Waals surface area contributed by atoms with Crippen LogP contribution in [0.1, 0.15) is 5.56 Å². The number of para-hydroxylation sites is 6. The van der Waals surface area contributed by atoms with Crippen LogP contribution in [0.2, 0.25) is 0 Å². The topological polar surface area (TPSA) is 77.5 Å². The van der Waals surface area contributed by atoms with Gasteiger partial charge in [0.1, 0.15) is 11.7 Å². The number of furan rings is 1. The molecule has 0 amide bonds. The second-order valence-corrected chi connectivity index (χ2v) is 16.8. The largest absolute Gasteiger partial charge is 0.438 e. The Morgan fingerprint density at radius 3 is 1.44 bits per heavy atom. The molecule has 306 valence electrons. The van der Waals surface area contributed by atoms with E-state index in [9.17, 15) is 5.26 Å². The van der Waals surface area contributed by atoms with Gasteiger partial charge in [-0.05, 0) is 60.7 Å². The summed E-state index contributed by atoms with van der Waals surface area (Å²) in [5, 5.41) is 19.7. The summed E-state index contributed by atoms with van der Waals surface area (Å²) in [4.78, 5) is 10.3. The average molecular weight is 843 g/mol. The highest BCUT2D eigenvalue weighted by Gasteiger charge is 2.30. The van der Waals surface area contributed by atoms with E-state index in [1.807, 2.05) is 60.7 Å². The summed E-state index contributed by atoms with van der Waals surface area (Å²) >= 11 is 0. The molecule has 0 aliphatic heterocycles. The molecule has 0 saturated carbocycles. The molecule has 5 heterocycles. The Hall–Kier alpha value is -9.25. The molecule has 7 heteroatoms. The van der Waals surface area contributed by atoms with Crippen molar-refractivity contribution in [1.29, 1.82) is 5.26 Å². The quantitative estimate of drug-likeness (QED) is 0.173. The predicted molar refractivity (Wildman–Crippen MR) is 268 cm³/mol. The van der Waals surface area contributed by atoms with Crippen LogP contribution in [0, 0.1) is 11.3 Å². The van der Waals surface area contributed by atoms with Gasteiger partial charge in [-0.25, -0.2) is 4.98 Å². The standard InChI is InChI=1S/C59H34N6O/c60-35-38-33-32-37(54-50-44-27-13-17-31-49(44)66-59(50)62-58(61-54)36-18-4-1-5-19-36)34-48(38)65-47-30-16-12-26-43(47)53-56-51(41-24-10-14-28-45(41)63(56)39-20-6-2-7-21-39)55-52(57(53)65)42-25-11-15-29-46(42)64(55)40-22-8-3-9-23-40/h1-34H. The lowest BCUT2D eigenvalue weighted by Crippen LogP contribution is -2.01. The highest BCUT2D eigenvalue weighted by atomic mass is 16.3. The number of hydrogen-bond acceptors (Lipinski definition) is 4. The van der Waals surface area contributed by atoms with Gasteiger partial charge in [-0.2, -0.15) is 10.2 Å². The minimum Gasteiger partial charge on any atom is -0.438 e. The van der Waals surface area contributed by atoms with Crippen molar-refractivity contribution in [2.24, 2.45) is 0 Å². The van der Waals surface area contributed by atoms with Crippen LogP contribution >= 0.6 is 0 Å². The number of aromatic nitrogens is 5. The second-order valence-electron chi connectivity index (χ2n) is 16.8. The van der Waals surface area contributed by atoms with Crippen molar-refractivity contribution in [2.45, 2.75) is 0 Å². The molecule has 0 aliphatic carbocycles. The maximum atomic E-state index is 11.2. The molecule has 0 bridgehead atoms. The van der Waals surface area contributed by atoms with Gasteiger partial charge in [-0.3, -0.25) is 0 Å². The number of nitrogens with zero attached hydrogens (tertiary/aromatic N) is 6. The molecule has 0 radical (unpaired) electrons. The zero-order chi connectivity index (χ0) is 43.5. The van der Waals surface area contributed by atoms with Gasteiger partial charge < -0.3 is 18.1 Å². The first-order valence-corrected chi connectivity index (χ1v) is 22.1. The van der Waals surface area contributed by atoms with Crippen LogP contribution in [0.15, 0.2) is 211 Å². The first-order chi connectivity index (χ1) is 32.7. The van der Waals surface area contributed by atoms with Gasteiger partial charge >= 0.3 is 0 Å². The number of rotatable bonds is 5. The summed E-state index contributed by atoms with van der Waals surface area (Å²) in [6.07, 6.45) is 0. The minimum absolute atomic E-state index is 0.509. The van der Waals surface area contributed by atoms with E-state index in [0.29, 0.717) is 17.1 Å². The Labute approximate surface area is 376 Å². The van der Waals surface area contributed by atoms with Crippen LogP contribution in [0.4, 0.5) is 0 Å². The number of hydrogen-bond donors (Lipinski definition) is 0. The molecule has 0 N–H and O–H groups in total. The van der Waals surface area contributed by atoms with E-state index in [0.717, 1.165) is 116 Å². The van der Waals surface area contributed by atoms with Crippen molar-refractivity contribution >= 4 is 87.5 Å². The van der Waals surface area contributed by atoms with Gasteiger partial charge in [-0.1, -0.05) is 146 Å². The van der Waals surface area contributed by atoms with Crippen LogP contribution < -0.4 is 0 Å². The van der Waals surface area contributed by atoms with E-state index in [1.54, 1.807) is 0 Å². The van der Waals surface area contributed by atoms with Gasteiger partial charge in [0.25, 0.3) is 0 Å². The summed E-state index contributed by atoms with van der Waals surface area (Å²) in [7, 11) is 0. The molecule has 9 aromatic carbocycles. The molecular formula is C59H34N6O. The molecule has 66 heavy (non-hydrogen) atoms. The fourth-order valence-corrected chi connectivity index (χ4v) is 10.6. The lowest BCUT2D eigenvalue weighted by atomic mass is 10.0. The molecule has 0 aliphatic rings. The third-order valence-corrected chi connectivity index (χ3v) is 13.3. The van der Waals surface area contributed by atoms with Crippen molar-refractivity contribution in [2.75, 3.05) is 0 Å². The number of nitriles is 1. The summed E-state index contributed by atoms with van der Waals surface area (Å²) in [6.45, 7) is 0. The molecule has 7 nitrogen and oxygen atoms in total. The molecule has 0 atom stereocenters. The highest BCUT2D eigenvalue weighted by Crippen LogP contribution is 2.50. The van der Waals surface area contributed by atoms with Crippen LogP contribution in [-0.2, 0) is 0 Å². The Morgan fingerprint density at radius 2 is 0.879 bits per heavy atom. The predicted octanol–water partition coefficient (Wildman–Crippen LogP) is 14.9. The van der Waals surface area contributed by atoms with Gasteiger partial charge in [0.05, 0.1) is 55.4 Å². The van der Waals surface area contributed by atoms with E-state index in [-0.39, 0.29) is 0 Å². The normalized spacial score (nSPS) is 11.9. The maximum Gasteiger partial charge on any atom is 0.231 e. The Morgan fingerprint density at radius 1 is 0.409 bits per heavy atom. The van der Waals surface area contributed by atoms with Gasteiger partial charge in [-0.15, -0.1) is 0 Å². The zero-order valence-corrected chi connectivity index (χ0v) is 35.2. The van der Waals surface area contributed by atoms with Crippen molar-refractivity contribution in [1.82, 2.24) is 23.7 Å². The molecule has 14 aromatic rings.